The van der Waals surface area contributed by atoms with Crippen molar-refractivity contribution in [1.29, 1.82) is 0 Å². The Bertz CT molecular complexity index is 487. The van der Waals surface area contributed by atoms with E-state index in [-0.39, 0.29) is 18.8 Å². The lowest BCUT2D eigenvalue weighted by molar-refractivity contribution is -0.129. The minimum Gasteiger partial charge on any atom is -0.508 e. The molecule has 1 aromatic rings. The Morgan fingerprint density at radius 1 is 1.33 bits per heavy atom. The van der Waals surface area contributed by atoms with Crippen LogP contribution in [0, 0.1) is 0 Å². The van der Waals surface area contributed by atoms with Crippen LogP contribution in [0.3, 0.4) is 0 Å². The largest absolute Gasteiger partial charge is 0.508 e. The molecular formula is C11H9NO5S. The zero-order valence-corrected chi connectivity index (χ0v) is 9.92. The molecule has 0 unspecified atom stereocenters. The van der Waals surface area contributed by atoms with Gasteiger partial charge in [0.2, 0.25) is 0 Å². The summed E-state index contributed by atoms with van der Waals surface area (Å²) in [5.41, 5.74) is 0.379. The van der Waals surface area contributed by atoms with Gasteiger partial charge in [0.15, 0.2) is 0 Å². The van der Waals surface area contributed by atoms with E-state index in [2.05, 4.69) is 4.74 Å². The Balaban J connectivity index is 2.18. The number of thioether (sulfide) groups is 1. The third-order valence-electron chi connectivity index (χ3n) is 2.35. The molecule has 6 nitrogen and oxygen atoms in total. The van der Waals surface area contributed by atoms with Gasteiger partial charge in [-0.2, -0.15) is 0 Å². The van der Waals surface area contributed by atoms with Crippen LogP contribution >= 0.6 is 11.8 Å². The molecule has 2 amide bonds. The summed E-state index contributed by atoms with van der Waals surface area (Å²) >= 11 is 0.812. The number of amides is 2. The van der Waals surface area contributed by atoms with Gasteiger partial charge in [-0.3, -0.25) is 14.4 Å². The number of anilines is 1. The molecule has 1 aliphatic rings. The molecule has 1 aromatic carbocycles. The number of hydrogen-bond acceptors (Lipinski definition) is 6. The Labute approximate surface area is 107 Å². The Hall–Kier alpha value is -2.02. The van der Waals surface area contributed by atoms with Crippen molar-refractivity contribution in [2.75, 3.05) is 11.5 Å². The summed E-state index contributed by atoms with van der Waals surface area (Å²) in [5.74, 6) is -0.385. The van der Waals surface area contributed by atoms with Crippen LogP contribution in [0.25, 0.3) is 0 Å². The van der Waals surface area contributed by atoms with E-state index >= 15 is 0 Å². The summed E-state index contributed by atoms with van der Waals surface area (Å²) in [6.07, 6.45) is 0. The Morgan fingerprint density at radius 3 is 2.61 bits per heavy atom. The van der Waals surface area contributed by atoms with Crippen LogP contribution < -0.4 is 4.90 Å². The number of imide groups is 1. The van der Waals surface area contributed by atoms with E-state index in [4.69, 9.17) is 5.11 Å². The van der Waals surface area contributed by atoms with Gasteiger partial charge in [0.1, 0.15) is 17.6 Å². The second-order valence-electron chi connectivity index (χ2n) is 3.49. The first-order chi connectivity index (χ1) is 8.63. The molecule has 0 saturated carbocycles. The second kappa shape index (κ2) is 5.09. The Kier molecular flexibility index (Phi) is 3.52. The fraction of sp³-hybridized carbons (Fsp3) is 0.182. The minimum atomic E-state index is -0.712. The maximum Gasteiger partial charge on any atom is 0.293 e. The molecule has 94 valence electrons. The number of carbonyl (C=O) groups is 3. The lowest BCUT2D eigenvalue weighted by Gasteiger charge is -2.13. The molecular weight excluding hydrogens is 258 g/mol. The van der Waals surface area contributed by atoms with Crippen molar-refractivity contribution in [2.24, 2.45) is 0 Å². The van der Waals surface area contributed by atoms with Crippen LogP contribution in [0.1, 0.15) is 0 Å². The molecule has 0 radical (unpaired) electrons. The highest BCUT2D eigenvalue weighted by atomic mass is 32.2. The lowest BCUT2D eigenvalue weighted by atomic mass is 10.2. The van der Waals surface area contributed by atoms with Crippen LogP contribution in [0.15, 0.2) is 24.3 Å². The van der Waals surface area contributed by atoms with Gasteiger partial charge in [-0.05, 0) is 36.0 Å². The number of ether oxygens (including phenoxy) is 1. The highest BCUT2D eigenvalue weighted by molar-refractivity contribution is 8.15. The molecule has 0 spiro atoms. The van der Waals surface area contributed by atoms with Crippen molar-refractivity contribution in [1.82, 2.24) is 0 Å². The fourth-order valence-corrected chi connectivity index (χ4v) is 2.42. The van der Waals surface area contributed by atoms with E-state index in [1.165, 1.54) is 24.3 Å². The van der Waals surface area contributed by atoms with E-state index < -0.39 is 16.4 Å². The average Bonchev–Trinajstić information content (AvgIpc) is 2.63. The first-order valence-electron chi connectivity index (χ1n) is 5.02. The third-order valence-corrected chi connectivity index (χ3v) is 3.35. The fourth-order valence-electron chi connectivity index (χ4n) is 1.53. The lowest BCUT2D eigenvalue weighted by Crippen LogP contribution is -2.32. The Morgan fingerprint density at radius 2 is 2.00 bits per heavy atom. The molecule has 2 rings (SSSR count). The standard InChI is InChI=1S/C11H9NO5S/c13-6-17-5-9-10(15)12(11(16)18-9)7-1-3-8(14)4-2-7/h1-4,6,9,14H,5H2/t9-/m1/s1. The zero-order chi connectivity index (χ0) is 13.1. The number of phenolic OH excluding ortho intramolecular Hbond substituents is 1. The van der Waals surface area contributed by atoms with E-state index in [1.54, 1.807) is 0 Å². The average molecular weight is 267 g/mol. The van der Waals surface area contributed by atoms with Crippen molar-refractivity contribution in [3.8, 4) is 5.75 Å². The van der Waals surface area contributed by atoms with E-state index in [1.807, 2.05) is 0 Å². The van der Waals surface area contributed by atoms with Gasteiger partial charge in [0.05, 0.1) is 5.69 Å². The van der Waals surface area contributed by atoms with Crippen molar-refractivity contribution in [3.63, 3.8) is 0 Å². The quantitative estimate of drug-likeness (QED) is 0.823. The normalized spacial score (nSPS) is 19.1. The second-order valence-corrected chi connectivity index (χ2v) is 4.65. The number of nitrogens with zero attached hydrogens (tertiary/aromatic N) is 1. The van der Waals surface area contributed by atoms with Crippen LogP contribution in [0.5, 0.6) is 5.75 Å². The first-order valence-corrected chi connectivity index (χ1v) is 5.90. The highest BCUT2D eigenvalue weighted by Crippen LogP contribution is 2.32. The molecule has 0 aromatic heterocycles. The number of benzene rings is 1. The summed E-state index contributed by atoms with van der Waals surface area (Å²) in [7, 11) is 0. The molecule has 1 atom stereocenters. The van der Waals surface area contributed by atoms with Crippen molar-refractivity contribution in [2.45, 2.75) is 5.25 Å². The molecule has 7 heteroatoms. The van der Waals surface area contributed by atoms with Gasteiger partial charge in [0.25, 0.3) is 17.6 Å². The van der Waals surface area contributed by atoms with Gasteiger partial charge >= 0.3 is 0 Å². The number of hydrogen-bond donors (Lipinski definition) is 1. The van der Waals surface area contributed by atoms with E-state index in [0.717, 1.165) is 16.7 Å². The number of phenols is 1. The van der Waals surface area contributed by atoms with Crippen LogP contribution in [0.2, 0.25) is 0 Å². The molecule has 1 fully saturated rings. The summed E-state index contributed by atoms with van der Waals surface area (Å²) in [6.45, 7) is 0.106. The van der Waals surface area contributed by atoms with Crippen LogP contribution in [0.4, 0.5) is 10.5 Å². The molecule has 0 aliphatic carbocycles. The minimum absolute atomic E-state index is 0.0475. The van der Waals surface area contributed by atoms with E-state index in [9.17, 15) is 14.4 Å². The van der Waals surface area contributed by atoms with Gasteiger partial charge < -0.3 is 9.84 Å². The molecule has 0 bridgehead atoms. The molecule has 1 heterocycles. The molecule has 1 aliphatic heterocycles. The third kappa shape index (κ3) is 2.30. The van der Waals surface area contributed by atoms with Gasteiger partial charge in [-0.25, -0.2) is 4.90 Å². The summed E-state index contributed by atoms with van der Waals surface area (Å²) in [5, 5.41) is 8.01. The van der Waals surface area contributed by atoms with Gasteiger partial charge in [-0.1, -0.05) is 0 Å². The number of rotatable bonds is 4. The smallest absolute Gasteiger partial charge is 0.293 e. The van der Waals surface area contributed by atoms with Crippen molar-refractivity contribution < 1.29 is 24.2 Å². The number of aromatic hydroxyl groups is 1. The van der Waals surface area contributed by atoms with Crippen LogP contribution in [-0.2, 0) is 14.3 Å². The van der Waals surface area contributed by atoms with Gasteiger partial charge in [0, 0.05) is 0 Å². The number of carbonyl (C=O) groups excluding carboxylic acids is 3. The van der Waals surface area contributed by atoms with E-state index in [0.29, 0.717) is 5.69 Å². The van der Waals surface area contributed by atoms with Crippen LogP contribution in [-0.4, -0.2) is 34.6 Å². The van der Waals surface area contributed by atoms with Crippen molar-refractivity contribution in [3.05, 3.63) is 24.3 Å². The first kappa shape index (κ1) is 12.4. The maximum absolute atomic E-state index is 11.9. The predicted octanol–water partition coefficient (Wildman–Crippen LogP) is 1.13. The van der Waals surface area contributed by atoms with Crippen molar-refractivity contribution >= 4 is 35.1 Å². The predicted molar refractivity (Wildman–Crippen MR) is 64.4 cm³/mol. The molecule has 1 saturated heterocycles. The zero-order valence-electron chi connectivity index (χ0n) is 9.11. The summed E-state index contributed by atoms with van der Waals surface area (Å²) < 4.78 is 4.50. The molecule has 1 N–H and O–H groups in total. The topological polar surface area (TPSA) is 83.9 Å². The van der Waals surface area contributed by atoms with Gasteiger partial charge in [-0.15, -0.1) is 0 Å². The monoisotopic (exact) mass is 267 g/mol. The summed E-state index contributed by atoms with van der Waals surface area (Å²) in [6, 6.07) is 5.70. The highest BCUT2D eigenvalue weighted by Gasteiger charge is 2.40. The SMILES string of the molecule is O=COC[C@H]1SC(=O)N(c2ccc(O)cc2)C1=O. The maximum atomic E-state index is 11.9. The summed E-state index contributed by atoms with van der Waals surface area (Å²) in [4.78, 5) is 34.7. The molecule has 18 heavy (non-hydrogen) atoms.